The van der Waals surface area contributed by atoms with Crippen molar-refractivity contribution in [3.05, 3.63) is 96.4 Å². The third-order valence-corrected chi connectivity index (χ3v) is 4.66. The van der Waals surface area contributed by atoms with Crippen molar-refractivity contribution in [1.82, 2.24) is 4.98 Å². The van der Waals surface area contributed by atoms with E-state index in [4.69, 9.17) is 4.42 Å². The van der Waals surface area contributed by atoms with Gasteiger partial charge in [-0.2, -0.15) is 0 Å². The van der Waals surface area contributed by atoms with E-state index in [0.29, 0.717) is 18.0 Å². The highest BCUT2D eigenvalue weighted by molar-refractivity contribution is 5.88. The normalized spacial score (nSPS) is 19.2. The van der Waals surface area contributed by atoms with Gasteiger partial charge in [0.2, 0.25) is 5.89 Å². The number of aliphatic carboxylic acids is 1. The van der Waals surface area contributed by atoms with Gasteiger partial charge in [-0.05, 0) is 29.7 Å². The number of carboxylic acids is 1. The van der Waals surface area contributed by atoms with Crippen LogP contribution >= 0.6 is 0 Å². The second-order valence-corrected chi connectivity index (χ2v) is 6.27. The molecule has 1 aromatic heterocycles. The summed E-state index contributed by atoms with van der Waals surface area (Å²) in [6.07, 6.45) is 7.21. The molecule has 3 aromatic rings. The lowest BCUT2D eigenvalue weighted by atomic mass is 9.74. The molecule has 0 aliphatic heterocycles. The van der Waals surface area contributed by atoms with Crippen LogP contribution in [0.2, 0.25) is 0 Å². The van der Waals surface area contributed by atoms with Crippen LogP contribution in [0, 0.1) is 0 Å². The first-order valence-corrected chi connectivity index (χ1v) is 8.38. The molecule has 128 valence electrons. The lowest BCUT2D eigenvalue weighted by Crippen LogP contribution is -2.35. The number of hydrogen-bond donors (Lipinski definition) is 1. The minimum absolute atomic E-state index is 0.323. The number of hydrogen-bond acceptors (Lipinski definition) is 3. The van der Waals surface area contributed by atoms with E-state index in [2.05, 4.69) is 4.98 Å². The van der Waals surface area contributed by atoms with Crippen LogP contribution in [0.1, 0.15) is 17.7 Å². The molecule has 26 heavy (non-hydrogen) atoms. The Bertz CT molecular complexity index is 986. The third kappa shape index (κ3) is 2.75. The summed E-state index contributed by atoms with van der Waals surface area (Å²) in [5, 5.41) is 10.0. The molecule has 0 spiro atoms. The zero-order valence-corrected chi connectivity index (χ0v) is 14.0. The van der Waals surface area contributed by atoms with Crippen molar-refractivity contribution in [3.63, 3.8) is 0 Å². The van der Waals surface area contributed by atoms with E-state index in [-0.39, 0.29) is 0 Å². The van der Waals surface area contributed by atoms with Crippen molar-refractivity contribution in [2.75, 3.05) is 0 Å². The number of allylic oxidation sites excluding steroid dienone is 3. The van der Waals surface area contributed by atoms with Gasteiger partial charge in [-0.3, -0.25) is 4.79 Å². The molecule has 1 atom stereocenters. The number of carbonyl (C=O) groups is 1. The fourth-order valence-electron chi connectivity index (χ4n) is 3.22. The molecule has 0 radical (unpaired) electrons. The van der Waals surface area contributed by atoms with Gasteiger partial charge >= 0.3 is 5.97 Å². The summed E-state index contributed by atoms with van der Waals surface area (Å²) >= 11 is 0. The number of nitrogens with zero attached hydrogens (tertiary/aromatic N) is 1. The molecule has 0 amide bonds. The molecule has 0 bridgehead atoms. The van der Waals surface area contributed by atoms with Crippen LogP contribution < -0.4 is 0 Å². The van der Waals surface area contributed by atoms with E-state index in [1.54, 1.807) is 12.2 Å². The van der Waals surface area contributed by atoms with Crippen LogP contribution in [-0.2, 0) is 10.2 Å². The quantitative estimate of drug-likeness (QED) is 0.745. The van der Waals surface area contributed by atoms with E-state index in [0.717, 1.165) is 16.7 Å². The standard InChI is InChI=1S/C22H17NO3/c24-21(25)22(13-7-12-18(14-22)16-8-3-1-4-9-16)19-15-26-20(23-19)17-10-5-2-6-11-17/h1-13,15H,14H2,(H,24,25). The zero-order valence-electron chi connectivity index (χ0n) is 14.0. The Morgan fingerprint density at radius 1 is 1.00 bits per heavy atom. The molecular weight excluding hydrogens is 326 g/mol. The Morgan fingerprint density at radius 3 is 2.31 bits per heavy atom. The highest BCUT2D eigenvalue weighted by atomic mass is 16.4. The topological polar surface area (TPSA) is 63.3 Å². The Labute approximate surface area is 151 Å². The van der Waals surface area contributed by atoms with Crippen molar-refractivity contribution in [3.8, 4) is 11.5 Å². The molecular formula is C22H17NO3. The Hall–Kier alpha value is -3.40. The van der Waals surface area contributed by atoms with Gasteiger partial charge in [-0.15, -0.1) is 0 Å². The molecule has 1 aliphatic carbocycles. The van der Waals surface area contributed by atoms with Crippen LogP contribution in [0.15, 0.2) is 89.6 Å². The fourth-order valence-corrected chi connectivity index (χ4v) is 3.22. The number of benzene rings is 2. The largest absolute Gasteiger partial charge is 0.480 e. The first-order valence-electron chi connectivity index (χ1n) is 8.38. The SMILES string of the molecule is O=C(O)C1(c2coc(-c3ccccc3)n2)C=CC=C(c2ccccc2)C1. The molecule has 2 aromatic carbocycles. The van der Waals surface area contributed by atoms with Crippen LogP contribution in [0.3, 0.4) is 0 Å². The predicted octanol–water partition coefficient (Wildman–Crippen LogP) is 4.71. The fraction of sp³-hybridized carbons (Fsp3) is 0.0909. The summed E-state index contributed by atoms with van der Waals surface area (Å²) in [6, 6.07) is 19.3. The van der Waals surface area contributed by atoms with Crippen LogP contribution in [0.25, 0.3) is 17.0 Å². The Morgan fingerprint density at radius 2 is 1.65 bits per heavy atom. The number of aromatic nitrogens is 1. The summed E-state index contributed by atoms with van der Waals surface area (Å²) in [5.41, 5.74) is 1.95. The summed E-state index contributed by atoms with van der Waals surface area (Å²) in [5.74, 6) is -0.520. The predicted molar refractivity (Wildman–Crippen MR) is 99.4 cm³/mol. The molecule has 0 saturated heterocycles. The summed E-state index contributed by atoms with van der Waals surface area (Å²) in [6.45, 7) is 0. The van der Waals surface area contributed by atoms with Crippen molar-refractivity contribution in [2.45, 2.75) is 11.8 Å². The van der Waals surface area contributed by atoms with Crippen LogP contribution in [-0.4, -0.2) is 16.1 Å². The highest BCUT2D eigenvalue weighted by Gasteiger charge is 2.43. The lowest BCUT2D eigenvalue weighted by molar-refractivity contribution is -0.141. The second kappa shape index (κ2) is 6.48. The first-order chi connectivity index (χ1) is 12.7. The minimum atomic E-state index is -1.24. The van der Waals surface area contributed by atoms with Crippen molar-refractivity contribution in [2.24, 2.45) is 0 Å². The maximum absolute atomic E-state index is 12.2. The summed E-state index contributed by atoms with van der Waals surface area (Å²) in [4.78, 5) is 16.7. The van der Waals surface area contributed by atoms with E-state index < -0.39 is 11.4 Å². The van der Waals surface area contributed by atoms with Crippen molar-refractivity contribution < 1.29 is 14.3 Å². The van der Waals surface area contributed by atoms with Crippen LogP contribution in [0.4, 0.5) is 0 Å². The average Bonchev–Trinajstić information content (AvgIpc) is 3.20. The highest BCUT2D eigenvalue weighted by Crippen LogP contribution is 2.40. The van der Waals surface area contributed by atoms with Gasteiger partial charge < -0.3 is 9.52 Å². The van der Waals surface area contributed by atoms with Gasteiger partial charge in [0.15, 0.2) is 0 Å². The van der Waals surface area contributed by atoms with Gasteiger partial charge in [0.1, 0.15) is 17.4 Å². The summed E-state index contributed by atoms with van der Waals surface area (Å²) in [7, 11) is 0. The first kappa shape index (κ1) is 16.1. The number of carboxylic acid groups (broad SMARTS) is 1. The second-order valence-electron chi connectivity index (χ2n) is 6.27. The van der Waals surface area contributed by atoms with Crippen molar-refractivity contribution >= 4 is 11.5 Å². The zero-order chi connectivity index (χ0) is 18.0. The monoisotopic (exact) mass is 343 g/mol. The number of rotatable bonds is 4. The molecule has 1 N–H and O–H groups in total. The molecule has 0 fully saturated rings. The van der Waals surface area contributed by atoms with Gasteiger partial charge in [0.05, 0.1) is 0 Å². The lowest BCUT2D eigenvalue weighted by Gasteiger charge is -2.27. The third-order valence-electron chi connectivity index (χ3n) is 4.66. The smallest absolute Gasteiger partial charge is 0.320 e. The van der Waals surface area contributed by atoms with E-state index >= 15 is 0 Å². The van der Waals surface area contributed by atoms with E-state index in [1.807, 2.05) is 66.7 Å². The molecule has 4 nitrogen and oxygen atoms in total. The molecule has 1 aliphatic rings. The molecule has 4 rings (SSSR count). The number of oxazole rings is 1. The van der Waals surface area contributed by atoms with Crippen LogP contribution in [0.5, 0.6) is 0 Å². The molecule has 1 unspecified atom stereocenters. The van der Waals surface area contributed by atoms with Crippen molar-refractivity contribution in [1.29, 1.82) is 0 Å². The summed E-state index contributed by atoms with van der Waals surface area (Å²) < 4.78 is 5.59. The van der Waals surface area contributed by atoms with Gasteiger partial charge in [0.25, 0.3) is 0 Å². The maximum Gasteiger partial charge on any atom is 0.320 e. The minimum Gasteiger partial charge on any atom is -0.480 e. The Kier molecular flexibility index (Phi) is 4.01. The molecule has 4 heteroatoms. The molecule has 0 saturated carbocycles. The Balaban J connectivity index is 1.73. The molecule has 1 heterocycles. The maximum atomic E-state index is 12.2. The van der Waals surface area contributed by atoms with E-state index in [1.165, 1.54) is 6.26 Å². The average molecular weight is 343 g/mol. The van der Waals surface area contributed by atoms with Gasteiger partial charge in [-0.1, -0.05) is 66.8 Å². The van der Waals surface area contributed by atoms with E-state index in [9.17, 15) is 9.90 Å². The van der Waals surface area contributed by atoms with Gasteiger partial charge in [0, 0.05) is 5.56 Å². The van der Waals surface area contributed by atoms with Gasteiger partial charge in [-0.25, -0.2) is 4.98 Å².